The van der Waals surface area contributed by atoms with Crippen molar-refractivity contribution < 1.29 is 18.0 Å². The molecule has 1 unspecified atom stereocenters. The van der Waals surface area contributed by atoms with Crippen molar-refractivity contribution in [3.8, 4) is 0 Å². The third-order valence-electron chi connectivity index (χ3n) is 2.33. The van der Waals surface area contributed by atoms with Crippen LogP contribution in [0.2, 0.25) is 0 Å². The Hall–Kier alpha value is -0.390. The summed E-state index contributed by atoms with van der Waals surface area (Å²) < 4.78 is 36.1. The molecule has 1 fully saturated rings. The van der Waals surface area contributed by atoms with Crippen LogP contribution in [0.1, 0.15) is 26.2 Å². The second kappa shape index (κ2) is 5.09. The van der Waals surface area contributed by atoms with E-state index in [9.17, 15) is 18.0 Å². The summed E-state index contributed by atoms with van der Waals surface area (Å²) >= 11 is -0.233. The van der Waals surface area contributed by atoms with Gasteiger partial charge >= 0.3 is 5.51 Å². The molecule has 15 heavy (non-hydrogen) atoms. The first-order valence-electron chi connectivity index (χ1n) is 4.93. The van der Waals surface area contributed by atoms with Crippen LogP contribution in [0.15, 0.2) is 0 Å². The monoisotopic (exact) mass is 241 g/mol. The molecule has 0 aromatic carbocycles. The first-order valence-corrected chi connectivity index (χ1v) is 5.81. The van der Waals surface area contributed by atoms with Gasteiger partial charge in [0.05, 0.1) is 5.25 Å². The summed E-state index contributed by atoms with van der Waals surface area (Å²) in [6, 6.07) is 0. The van der Waals surface area contributed by atoms with E-state index in [1.165, 1.54) is 11.8 Å². The summed E-state index contributed by atoms with van der Waals surface area (Å²) in [6.45, 7) is 2.51. The summed E-state index contributed by atoms with van der Waals surface area (Å²) in [4.78, 5) is 13.1. The van der Waals surface area contributed by atoms with Crippen molar-refractivity contribution in [1.82, 2.24) is 4.90 Å². The van der Waals surface area contributed by atoms with Gasteiger partial charge in [-0.15, -0.1) is 0 Å². The van der Waals surface area contributed by atoms with E-state index in [4.69, 9.17) is 0 Å². The summed E-state index contributed by atoms with van der Waals surface area (Å²) in [7, 11) is 0. The number of amides is 1. The van der Waals surface area contributed by atoms with Crippen LogP contribution in [0.4, 0.5) is 13.2 Å². The zero-order valence-corrected chi connectivity index (χ0v) is 9.33. The van der Waals surface area contributed by atoms with Gasteiger partial charge in [-0.05, 0) is 37.9 Å². The molecule has 0 radical (unpaired) electrons. The molecule has 0 N–H and O–H groups in total. The molecule has 0 saturated carbocycles. The van der Waals surface area contributed by atoms with Crippen molar-refractivity contribution in [2.75, 3.05) is 13.1 Å². The summed E-state index contributed by atoms with van der Waals surface area (Å²) in [5.74, 6) is -0.392. The predicted molar refractivity (Wildman–Crippen MR) is 53.5 cm³/mol. The normalized spacial score (nSPS) is 20.1. The van der Waals surface area contributed by atoms with Gasteiger partial charge < -0.3 is 4.90 Å². The lowest BCUT2D eigenvalue weighted by molar-refractivity contribution is -0.131. The number of piperidine rings is 1. The Morgan fingerprint density at radius 1 is 1.27 bits per heavy atom. The van der Waals surface area contributed by atoms with E-state index in [2.05, 4.69) is 0 Å². The number of alkyl halides is 3. The molecule has 1 amide bonds. The molecule has 88 valence electrons. The Balaban J connectivity index is 2.44. The van der Waals surface area contributed by atoms with Crippen molar-refractivity contribution in [2.45, 2.75) is 36.9 Å². The van der Waals surface area contributed by atoms with Crippen molar-refractivity contribution in [2.24, 2.45) is 0 Å². The van der Waals surface area contributed by atoms with Crippen LogP contribution in [0, 0.1) is 0 Å². The molecule has 1 atom stereocenters. The van der Waals surface area contributed by atoms with Gasteiger partial charge in [-0.2, -0.15) is 13.2 Å². The van der Waals surface area contributed by atoms with Gasteiger partial charge in [0.2, 0.25) is 5.91 Å². The molecule has 2 nitrogen and oxygen atoms in total. The average Bonchev–Trinajstić information content (AvgIpc) is 2.15. The molecule has 1 aliphatic heterocycles. The summed E-state index contributed by atoms with van der Waals surface area (Å²) in [5, 5.41) is -1.02. The molecule has 0 aliphatic carbocycles. The van der Waals surface area contributed by atoms with E-state index < -0.39 is 16.7 Å². The van der Waals surface area contributed by atoms with Gasteiger partial charge in [-0.3, -0.25) is 4.79 Å². The molecular weight excluding hydrogens is 227 g/mol. The Labute approximate surface area is 91.2 Å². The smallest absolute Gasteiger partial charge is 0.342 e. The molecule has 1 heterocycles. The van der Waals surface area contributed by atoms with Crippen LogP contribution in [-0.2, 0) is 4.79 Å². The quantitative estimate of drug-likeness (QED) is 0.740. The maximum atomic E-state index is 12.0. The number of halogens is 3. The standard InChI is InChI=1S/C9H14F3NOS/c1-7(15-9(10,11)12)8(14)13-5-3-2-4-6-13/h7H,2-6H2,1H3. The summed E-state index contributed by atoms with van der Waals surface area (Å²) in [5.41, 5.74) is -4.33. The molecular formula is C9H14F3NOS. The SMILES string of the molecule is CC(SC(F)(F)F)C(=O)N1CCCCC1. The highest BCUT2D eigenvalue weighted by molar-refractivity contribution is 8.01. The lowest BCUT2D eigenvalue weighted by atomic mass is 10.1. The zero-order chi connectivity index (χ0) is 11.5. The van der Waals surface area contributed by atoms with Crippen LogP contribution >= 0.6 is 11.8 Å². The fraction of sp³-hybridized carbons (Fsp3) is 0.889. The highest BCUT2D eigenvalue weighted by Gasteiger charge is 2.35. The fourth-order valence-corrected chi connectivity index (χ4v) is 2.27. The second-order valence-corrected chi connectivity index (χ2v) is 5.00. The molecule has 0 bridgehead atoms. The number of hydrogen-bond donors (Lipinski definition) is 0. The van der Waals surface area contributed by atoms with E-state index >= 15 is 0 Å². The Morgan fingerprint density at radius 2 is 1.80 bits per heavy atom. The number of likely N-dealkylation sites (tertiary alicyclic amines) is 1. The zero-order valence-electron chi connectivity index (χ0n) is 8.51. The van der Waals surface area contributed by atoms with Crippen LogP contribution < -0.4 is 0 Å². The highest BCUT2D eigenvalue weighted by atomic mass is 32.2. The first kappa shape index (κ1) is 12.7. The molecule has 0 spiro atoms. The third-order valence-corrected chi connectivity index (χ3v) is 3.15. The second-order valence-electron chi connectivity index (χ2n) is 3.59. The predicted octanol–water partition coefficient (Wildman–Crippen LogP) is 2.64. The van der Waals surface area contributed by atoms with E-state index in [0.29, 0.717) is 13.1 Å². The van der Waals surface area contributed by atoms with Crippen molar-refractivity contribution in [3.63, 3.8) is 0 Å². The van der Waals surface area contributed by atoms with Crippen LogP contribution in [0.3, 0.4) is 0 Å². The fourth-order valence-electron chi connectivity index (χ4n) is 1.62. The minimum absolute atomic E-state index is 0.233. The van der Waals surface area contributed by atoms with Gasteiger partial charge in [-0.1, -0.05) is 0 Å². The molecule has 0 aromatic heterocycles. The lowest BCUT2D eigenvalue weighted by Crippen LogP contribution is -2.40. The Bertz CT molecular complexity index is 226. The van der Waals surface area contributed by atoms with Crippen LogP contribution in [0.5, 0.6) is 0 Å². The maximum absolute atomic E-state index is 12.0. The van der Waals surface area contributed by atoms with Crippen LogP contribution in [0.25, 0.3) is 0 Å². The topological polar surface area (TPSA) is 20.3 Å². The van der Waals surface area contributed by atoms with E-state index in [-0.39, 0.29) is 11.8 Å². The number of rotatable bonds is 2. The number of carbonyl (C=O) groups excluding carboxylic acids is 1. The van der Waals surface area contributed by atoms with Crippen LogP contribution in [-0.4, -0.2) is 34.7 Å². The minimum atomic E-state index is -4.33. The molecule has 1 rings (SSSR count). The first-order chi connectivity index (χ1) is 6.90. The van der Waals surface area contributed by atoms with Gasteiger partial charge in [0.1, 0.15) is 0 Å². The van der Waals surface area contributed by atoms with E-state index in [1.54, 1.807) is 0 Å². The van der Waals surface area contributed by atoms with Gasteiger partial charge in [-0.25, -0.2) is 0 Å². The third kappa shape index (κ3) is 4.32. The lowest BCUT2D eigenvalue weighted by Gasteiger charge is -2.29. The molecule has 1 saturated heterocycles. The van der Waals surface area contributed by atoms with E-state index in [1.807, 2.05) is 0 Å². The number of hydrogen-bond acceptors (Lipinski definition) is 2. The average molecular weight is 241 g/mol. The van der Waals surface area contributed by atoms with Crippen molar-refractivity contribution in [1.29, 1.82) is 0 Å². The molecule has 0 aromatic rings. The summed E-state index contributed by atoms with van der Waals surface area (Å²) in [6.07, 6.45) is 2.86. The van der Waals surface area contributed by atoms with Gasteiger partial charge in [0.15, 0.2) is 0 Å². The molecule has 1 aliphatic rings. The number of thioether (sulfide) groups is 1. The Kier molecular flexibility index (Phi) is 4.31. The largest absolute Gasteiger partial charge is 0.442 e. The Morgan fingerprint density at radius 3 is 2.27 bits per heavy atom. The number of carbonyl (C=O) groups is 1. The number of nitrogens with zero attached hydrogens (tertiary/aromatic N) is 1. The van der Waals surface area contributed by atoms with E-state index in [0.717, 1.165) is 19.3 Å². The van der Waals surface area contributed by atoms with Gasteiger partial charge in [0, 0.05) is 13.1 Å². The highest BCUT2D eigenvalue weighted by Crippen LogP contribution is 2.34. The van der Waals surface area contributed by atoms with Crippen molar-refractivity contribution in [3.05, 3.63) is 0 Å². The molecule has 6 heteroatoms. The van der Waals surface area contributed by atoms with Gasteiger partial charge in [0.25, 0.3) is 0 Å². The maximum Gasteiger partial charge on any atom is 0.442 e. The minimum Gasteiger partial charge on any atom is -0.342 e. The van der Waals surface area contributed by atoms with Crippen molar-refractivity contribution >= 4 is 17.7 Å².